The van der Waals surface area contributed by atoms with Crippen LogP contribution in [0, 0.1) is 13.8 Å². The van der Waals surface area contributed by atoms with Gasteiger partial charge in [-0.15, -0.1) is 0 Å². The van der Waals surface area contributed by atoms with Gasteiger partial charge in [-0.1, -0.05) is 31.2 Å². The van der Waals surface area contributed by atoms with Crippen molar-refractivity contribution in [1.29, 1.82) is 0 Å². The highest BCUT2D eigenvalue weighted by Gasteiger charge is 2.06. The third kappa shape index (κ3) is 2.16. The van der Waals surface area contributed by atoms with Gasteiger partial charge >= 0.3 is 0 Å². The van der Waals surface area contributed by atoms with E-state index >= 15 is 0 Å². The minimum Gasteiger partial charge on any atom is -0.507 e. The van der Waals surface area contributed by atoms with E-state index in [1.165, 1.54) is 5.56 Å². The fourth-order valence-electron chi connectivity index (χ4n) is 1.65. The number of hydrogen-bond donors (Lipinski definition) is 1. The van der Waals surface area contributed by atoms with E-state index in [1.54, 1.807) is 0 Å². The van der Waals surface area contributed by atoms with E-state index in [9.17, 15) is 5.11 Å². The van der Waals surface area contributed by atoms with Gasteiger partial charge in [-0.05, 0) is 43.4 Å². The molecule has 0 saturated heterocycles. The second kappa shape index (κ2) is 4.32. The molecule has 1 aromatic rings. The Labute approximate surface area is 86.1 Å². The van der Waals surface area contributed by atoms with Crippen molar-refractivity contribution in [2.45, 2.75) is 33.6 Å². The minimum atomic E-state index is 0.415. The summed E-state index contributed by atoms with van der Waals surface area (Å²) in [7, 11) is 0. The van der Waals surface area contributed by atoms with Crippen LogP contribution in [0.15, 0.2) is 24.3 Å². The number of benzene rings is 1. The molecule has 1 N–H and O–H groups in total. The lowest BCUT2D eigenvalue weighted by Gasteiger charge is -2.11. The number of aromatic hydroxyl groups is 1. The summed E-state index contributed by atoms with van der Waals surface area (Å²) in [6, 6.07) is 4.10. The number of phenolic OH excluding ortho intramolecular Hbond substituents is 1. The molecule has 76 valence electrons. The average Bonchev–Trinajstić information content (AvgIpc) is 2.13. The maximum absolute atomic E-state index is 9.62. The first-order valence-corrected chi connectivity index (χ1v) is 4.99. The van der Waals surface area contributed by atoms with Crippen LogP contribution in [0.1, 0.15) is 36.5 Å². The summed E-state index contributed by atoms with van der Waals surface area (Å²) in [6.07, 6.45) is 4.22. The van der Waals surface area contributed by atoms with E-state index in [0.717, 1.165) is 11.1 Å². The van der Waals surface area contributed by atoms with E-state index in [1.807, 2.05) is 32.9 Å². The monoisotopic (exact) mass is 190 g/mol. The summed E-state index contributed by atoms with van der Waals surface area (Å²) in [6.45, 7) is 8.06. The highest BCUT2D eigenvalue weighted by atomic mass is 16.3. The number of hydrogen-bond acceptors (Lipinski definition) is 1. The van der Waals surface area contributed by atoms with Gasteiger partial charge in [0.05, 0.1) is 0 Å². The normalized spacial score (nSPS) is 13.4. The molecule has 0 amide bonds. The van der Waals surface area contributed by atoms with E-state index in [4.69, 9.17) is 0 Å². The lowest BCUT2D eigenvalue weighted by Crippen LogP contribution is -1.92. The molecule has 0 aromatic heterocycles. The molecule has 14 heavy (non-hydrogen) atoms. The van der Waals surface area contributed by atoms with E-state index < -0.39 is 0 Å². The fraction of sp³-hybridized carbons (Fsp3) is 0.385. The van der Waals surface area contributed by atoms with Crippen LogP contribution >= 0.6 is 0 Å². The third-order valence-corrected chi connectivity index (χ3v) is 2.52. The Morgan fingerprint density at radius 3 is 2.14 bits per heavy atom. The SMILES string of the molecule is C/C=C/C(C)c1cc(C)c(O)c(C)c1. The summed E-state index contributed by atoms with van der Waals surface area (Å²) < 4.78 is 0. The Morgan fingerprint density at radius 2 is 1.71 bits per heavy atom. The zero-order valence-corrected chi connectivity index (χ0v) is 9.33. The Balaban J connectivity index is 3.12. The quantitative estimate of drug-likeness (QED) is 0.705. The molecule has 1 heteroatoms. The van der Waals surface area contributed by atoms with Crippen LogP contribution in [0.5, 0.6) is 5.75 Å². The van der Waals surface area contributed by atoms with Crippen molar-refractivity contribution in [2.75, 3.05) is 0 Å². The third-order valence-electron chi connectivity index (χ3n) is 2.52. The van der Waals surface area contributed by atoms with Crippen LogP contribution < -0.4 is 0 Å². The number of phenols is 1. The zero-order valence-electron chi connectivity index (χ0n) is 9.33. The van der Waals surface area contributed by atoms with Crippen molar-refractivity contribution in [3.05, 3.63) is 41.0 Å². The van der Waals surface area contributed by atoms with Gasteiger partial charge in [0.2, 0.25) is 0 Å². The summed E-state index contributed by atoms with van der Waals surface area (Å²) in [5, 5.41) is 9.62. The molecule has 0 aliphatic heterocycles. The van der Waals surface area contributed by atoms with Crippen molar-refractivity contribution in [2.24, 2.45) is 0 Å². The van der Waals surface area contributed by atoms with E-state index in [0.29, 0.717) is 11.7 Å². The predicted octanol–water partition coefficient (Wildman–Crippen LogP) is 3.69. The van der Waals surface area contributed by atoms with Crippen molar-refractivity contribution >= 4 is 0 Å². The Hall–Kier alpha value is -1.24. The lowest BCUT2D eigenvalue weighted by atomic mass is 9.96. The van der Waals surface area contributed by atoms with Crippen molar-refractivity contribution in [1.82, 2.24) is 0 Å². The smallest absolute Gasteiger partial charge is 0.121 e. The van der Waals surface area contributed by atoms with E-state index in [2.05, 4.69) is 19.1 Å². The number of allylic oxidation sites excluding steroid dienone is 2. The Bertz CT molecular complexity index is 327. The van der Waals surface area contributed by atoms with Gasteiger partial charge in [0.15, 0.2) is 0 Å². The second-order valence-corrected chi connectivity index (χ2v) is 3.82. The Morgan fingerprint density at radius 1 is 1.21 bits per heavy atom. The molecule has 1 rings (SSSR count). The van der Waals surface area contributed by atoms with Crippen LogP contribution in [0.25, 0.3) is 0 Å². The molecule has 0 radical (unpaired) electrons. The first-order chi connectivity index (χ1) is 6.56. The average molecular weight is 190 g/mol. The van der Waals surface area contributed by atoms with Gasteiger partial charge in [0.25, 0.3) is 0 Å². The molecular formula is C13H18O. The zero-order chi connectivity index (χ0) is 10.7. The van der Waals surface area contributed by atoms with E-state index in [-0.39, 0.29) is 0 Å². The van der Waals surface area contributed by atoms with Crippen molar-refractivity contribution in [3.63, 3.8) is 0 Å². The topological polar surface area (TPSA) is 20.2 Å². The number of aryl methyl sites for hydroxylation is 2. The molecule has 0 aliphatic carbocycles. The van der Waals surface area contributed by atoms with Gasteiger partial charge in [-0.3, -0.25) is 0 Å². The molecular weight excluding hydrogens is 172 g/mol. The maximum Gasteiger partial charge on any atom is 0.121 e. The van der Waals surface area contributed by atoms with Gasteiger partial charge in [0.1, 0.15) is 5.75 Å². The second-order valence-electron chi connectivity index (χ2n) is 3.82. The summed E-state index contributed by atoms with van der Waals surface area (Å²) in [5.41, 5.74) is 3.17. The first-order valence-electron chi connectivity index (χ1n) is 4.99. The highest BCUT2D eigenvalue weighted by Crippen LogP contribution is 2.27. The standard InChI is InChI=1S/C13H18O/c1-5-6-9(2)12-7-10(3)13(14)11(4)8-12/h5-9,14H,1-4H3/b6-5+. The molecule has 1 aromatic carbocycles. The van der Waals surface area contributed by atoms with Gasteiger partial charge in [-0.25, -0.2) is 0 Å². The van der Waals surface area contributed by atoms with Crippen molar-refractivity contribution in [3.8, 4) is 5.75 Å². The predicted molar refractivity (Wildman–Crippen MR) is 60.8 cm³/mol. The summed E-state index contributed by atoms with van der Waals surface area (Å²) in [4.78, 5) is 0. The van der Waals surface area contributed by atoms with Crippen LogP contribution in [0.2, 0.25) is 0 Å². The van der Waals surface area contributed by atoms with Crippen LogP contribution in [-0.2, 0) is 0 Å². The molecule has 1 unspecified atom stereocenters. The summed E-state index contributed by atoms with van der Waals surface area (Å²) >= 11 is 0. The Kier molecular flexibility index (Phi) is 3.34. The lowest BCUT2D eigenvalue weighted by molar-refractivity contribution is 0.466. The minimum absolute atomic E-state index is 0.415. The van der Waals surface area contributed by atoms with Crippen LogP contribution in [0.4, 0.5) is 0 Å². The largest absolute Gasteiger partial charge is 0.507 e. The van der Waals surface area contributed by atoms with Gasteiger partial charge in [0, 0.05) is 0 Å². The van der Waals surface area contributed by atoms with Crippen LogP contribution in [0.3, 0.4) is 0 Å². The summed E-state index contributed by atoms with van der Waals surface area (Å²) in [5.74, 6) is 0.833. The molecule has 0 fully saturated rings. The van der Waals surface area contributed by atoms with Gasteiger partial charge < -0.3 is 5.11 Å². The maximum atomic E-state index is 9.62. The molecule has 0 saturated carbocycles. The molecule has 1 nitrogen and oxygen atoms in total. The molecule has 0 aliphatic rings. The van der Waals surface area contributed by atoms with Crippen molar-refractivity contribution < 1.29 is 5.11 Å². The molecule has 1 atom stereocenters. The highest BCUT2D eigenvalue weighted by molar-refractivity contribution is 5.43. The van der Waals surface area contributed by atoms with Gasteiger partial charge in [-0.2, -0.15) is 0 Å². The molecule has 0 heterocycles. The van der Waals surface area contributed by atoms with Crippen LogP contribution in [-0.4, -0.2) is 5.11 Å². The first kappa shape index (κ1) is 10.8. The number of rotatable bonds is 2. The molecule has 0 bridgehead atoms. The fourth-order valence-corrected chi connectivity index (χ4v) is 1.65. The molecule has 0 spiro atoms.